The van der Waals surface area contributed by atoms with Crippen LogP contribution in [0.4, 0.5) is 5.69 Å². The number of carbonyl (C=O) groups is 1. The Labute approximate surface area is 195 Å². The summed E-state index contributed by atoms with van der Waals surface area (Å²) in [5, 5.41) is 2.85. The van der Waals surface area contributed by atoms with E-state index in [1.807, 2.05) is 6.08 Å². The lowest BCUT2D eigenvalue weighted by molar-refractivity contribution is -0.111. The SMILES string of the molecule is CCCCCCCCCCCCCCC/C=C\C(=O)Nc1c(OC)cc(OC)cc1OC. The van der Waals surface area contributed by atoms with Gasteiger partial charge in [-0.25, -0.2) is 0 Å². The van der Waals surface area contributed by atoms with Crippen LogP contribution in [-0.4, -0.2) is 27.2 Å². The number of benzene rings is 1. The van der Waals surface area contributed by atoms with Crippen LogP contribution < -0.4 is 19.5 Å². The topological polar surface area (TPSA) is 56.8 Å². The summed E-state index contributed by atoms with van der Waals surface area (Å²) in [4.78, 5) is 12.3. The van der Waals surface area contributed by atoms with Crippen molar-refractivity contribution in [3.05, 3.63) is 24.3 Å². The number of allylic oxidation sites excluding steroid dienone is 1. The summed E-state index contributed by atoms with van der Waals surface area (Å²) in [7, 11) is 4.68. The zero-order valence-corrected chi connectivity index (χ0v) is 20.8. The number of methoxy groups -OCH3 is 3. The Hall–Kier alpha value is -2.17. The van der Waals surface area contributed by atoms with Gasteiger partial charge < -0.3 is 19.5 Å². The highest BCUT2D eigenvalue weighted by atomic mass is 16.5. The highest BCUT2D eigenvalue weighted by Gasteiger charge is 2.14. The van der Waals surface area contributed by atoms with Gasteiger partial charge in [-0.1, -0.05) is 90.0 Å². The summed E-state index contributed by atoms with van der Waals surface area (Å²) in [5.41, 5.74) is 0.506. The zero-order chi connectivity index (χ0) is 23.4. The number of rotatable bonds is 19. The van der Waals surface area contributed by atoms with E-state index in [2.05, 4.69) is 12.2 Å². The van der Waals surface area contributed by atoms with Crippen LogP contribution in [0.1, 0.15) is 96.8 Å². The predicted molar refractivity (Wildman–Crippen MR) is 134 cm³/mol. The second kappa shape index (κ2) is 18.4. The summed E-state index contributed by atoms with van der Waals surface area (Å²) >= 11 is 0. The maximum Gasteiger partial charge on any atom is 0.248 e. The molecule has 0 spiro atoms. The van der Waals surface area contributed by atoms with Gasteiger partial charge in [0.05, 0.1) is 21.3 Å². The molecule has 0 unspecified atom stereocenters. The van der Waals surface area contributed by atoms with Gasteiger partial charge in [-0.05, 0) is 18.9 Å². The molecule has 1 rings (SSSR count). The number of ether oxygens (including phenoxy) is 3. The van der Waals surface area contributed by atoms with Gasteiger partial charge in [0.1, 0.15) is 22.9 Å². The van der Waals surface area contributed by atoms with Crippen LogP contribution in [0.25, 0.3) is 0 Å². The minimum atomic E-state index is -0.193. The summed E-state index contributed by atoms with van der Waals surface area (Å²) in [6, 6.07) is 3.44. The van der Waals surface area contributed by atoms with Gasteiger partial charge in [-0.2, -0.15) is 0 Å². The number of hydrogen-bond acceptors (Lipinski definition) is 4. The number of nitrogens with one attached hydrogen (secondary N) is 1. The minimum Gasteiger partial charge on any atom is -0.496 e. The normalized spacial score (nSPS) is 11.0. The molecule has 5 nitrogen and oxygen atoms in total. The molecule has 0 saturated heterocycles. The highest BCUT2D eigenvalue weighted by molar-refractivity contribution is 6.01. The Morgan fingerprint density at radius 1 is 0.750 bits per heavy atom. The summed E-state index contributed by atoms with van der Waals surface area (Å²) < 4.78 is 16.0. The first kappa shape index (κ1) is 27.9. The van der Waals surface area contributed by atoms with Crippen LogP contribution in [0.5, 0.6) is 17.2 Å². The fraction of sp³-hybridized carbons (Fsp3) is 0.667. The van der Waals surface area contributed by atoms with Crippen LogP contribution in [0, 0.1) is 0 Å². The molecule has 0 heterocycles. The first-order chi connectivity index (χ1) is 15.7. The van der Waals surface area contributed by atoms with E-state index in [0.29, 0.717) is 22.9 Å². The van der Waals surface area contributed by atoms with Crippen molar-refractivity contribution in [2.75, 3.05) is 26.6 Å². The molecule has 0 fully saturated rings. The minimum absolute atomic E-state index is 0.193. The van der Waals surface area contributed by atoms with Crippen molar-refractivity contribution in [3.8, 4) is 17.2 Å². The highest BCUT2D eigenvalue weighted by Crippen LogP contribution is 2.38. The molecular formula is C27H45NO4. The third-order valence-corrected chi connectivity index (χ3v) is 5.71. The van der Waals surface area contributed by atoms with Gasteiger partial charge in [-0.3, -0.25) is 4.79 Å². The van der Waals surface area contributed by atoms with Gasteiger partial charge >= 0.3 is 0 Å². The third kappa shape index (κ3) is 12.0. The molecule has 0 radical (unpaired) electrons. The van der Waals surface area contributed by atoms with Crippen LogP contribution in [-0.2, 0) is 4.79 Å². The molecule has 0 bridgehead atoms. The molecule has 5 heteroatoms. The van der Waals surface area contributed by atoms with Crippen LogP contribution in [0.15, 0.2) is 24.3 Å². The summed E-state index contributed by atoms with van der Waals surface area (Å²) in [5.74, 6) is 1.41. The molecule has 0 aliphatic carbocycles. The van der Waals surface area contributed by atoms with E-state index in [1.54, 1.807) is 39.5 Å². The first-order valence-electron chi connectivity index (χ1n) is 12.4. The maximum absolute atomic E-state index is 12.3. The number of carbonyl (C=O) groups excluding carboxylic acids is 1. The molecule has 1 amide bonds. The largest absolute Gasteiger partial charge is 0.496 e. The van der Waals surface area contributed by atoms with E-state index >= 15 is 0 Å². The van der Waals surface area contributed by atoms with Gasteiger partial charge in [0.15, 0.2) is 0 Å². The lowest BCUT2D eigenvalue weighted by Gasteiger charge is -2.15. The second-order valence-electron chi connectivity index (χ2n) is 8.33. The monoisotopic (exact) mass is 447 g/mol. The van der Waals surface area contributed by atoms with E-state index in [-0.39, 0.29) is 5.91 Å². The number of amides is 1. The Bertz CT molecular complexity index is 632. The Morgan fingerprint density at radius 2 is 1.22 bits per heavy atom. The van der Waals surface area contributed by atoms with E-state index in [4.69, 9.17) is 14.2 Å². The summed E-state index contributed by atoms with van der Waals surface area (Å²) in [6.45, 7) is 2.27. The van der Waals surface area contributed by atoms with Crippen molar-refractivity contribution in [1.82, 2.24) is 0 Å². The van der Waals surface area contributed by atoms with Gasteiger partial charge in [0.2, 0.25) is 5.91 Å². The quantitative estimate of drug-likeness (QED) is 0.174. The molecule has 32 heavy (non-hydrogen) atoms. The van der Waals surface area contributed by atoms with Crippen molar-refractivity contribution >= 4 is 11.6 Å². The van der Waals surface area contributed by atoms with Crippen LogP contribution >= 0.6 is 0 Å². The number of unbranched alkanes of at least 4 members (excludes halogenated alkanes) is 13. The molecule has 1 N–H and O–H groups in total. The summed E-state index contributed by atoms with van der Waals surface area (Å²) in [6.07, 6.45) is 21.9. The molecule has 0 aliphatic heterocycles. The Kier molecular flexibility index (Phi) is 16.0. The van der Waals surface area contributed by atoms with Gasteiger partial charge in [0.25, 0.3) is 0 Å². The standard InChI is InChI=1S/C27H45NO4/c1-5-6-7-8-9-10-11-12-13-14-15-16-17-18-19-20-26(29)28-27-24(31-3)21-23(30-2)22-25(27)32-4/h19-22H,5-18H2,1-4H3,(H,28,29)/b20-19-. The molecule has 0 saturated carbocycles. The Morgan fingerprint density at radius 3 is 1.66 bits per heavy atom. The van der Waals surface area contributed by atoms with Crippen molar-refractivity contribution in [2.24, 2.45) is 0 Å². The average molecular weight is 448 g/mol. The van der Waals surface area contributed by atoms with E-state index in [9.17, 15) is 4.79 Å². The lowest BCUT2D eigenvalue weighted by atomic mass is 10.0. The molecule has 1 aromatic rings. The number of anilines is 1. The molecule has 0 aromatic heterocycles. The fourth-order valence-corrected chi connectivity index (χ4v) is 3.76. The molecule has 182 valence electrons. The van der Waals surface area contributed by atoms with Crippen molar-refractivity contribution in [1.29, 1.82) is 0 Å². The molecular weight excluding hydrogens is 402 g/mol. The van der Waals surface area contributed by atoms with E-state index in [0.717, 1.165) is 12.8 Å². The third-order valence-electron chi connectivity index (χ3n) is 5.71. The fourth-order valence-electron chi connectivity index (χ4n) is 3.76. The number of hydrogen-bond donors (Lipinski definition) is 1. The van der Waals surface area contributed by atoms with Crippen molar-refractivity contribution in [3.63, 3.8) is 0 Å². The molecule has 0 aliphatic rings. The first-order valence-corrected chi connectivity index (χ1v) is 12.4. The smallest absolute Gasteiger partial charge is 0.248 e. The van der Waals surface area contributed by atoms with Gasteiger partial charge in [-0.15, -0.1) is 0 Å². The van der Waals surface area contributed by atoms with Crippen LogP contribution in [0.3, 0.4) is 0 Å². The average Bonchev–Trinajstić information content (AvgIpc) is 2.81. The molecule has 0 atom stereocenters. The second-order valence-corrected chi connectivity index (χ2v) is 8.33. The molecule has 1 aromatic carbocycles. The predicted octanol–water partition coefficient (Wildman–Crippen LogP) is 7.69. The maximum atomic E-state index is 12.3. The van der Waals surface area contributed by atoms with Crippen molar-refractivity contribution < 1.29 is 19.0 Å². The van der Waals surface area contributed by atoms with Crippen molar-refractivity contribution in [2.45, 2.75) is 96.8 Å². The Balaban J connectivity index is 2.15. The van der Waals surface area contributed by atoms with Crippen LogP contribution in [0.2, 0.25) is 0 Å². The zero-order valence-electron chi connectivity index (χ0n) is 20.8. The lowest BCUT2D eigenvalue weighted by Crippen LogP contribution is -2.10. The van der Waals surface area contributed by atoms with E-state index < -0.39 is 0 Å². The van der Waals surface area contributed by atoms with Gasteiger partial charge in [0, 0.05) is 12.1 Å². The van der Waals surface area contributed by atoms with E-state index in [1.165, 1.54) is 77.0 Å².